The van der Waals surface area contributed by atoms with Gasteiger partial charge in [-0.3, -0.25) is 14.5 Å². The van der Waals surface area contributed by atoms with E-state index in [2.05, 4.69) is 4.98 Å². The number of carbonyl (C=O) groups excluding carboxylic acids is 2. The van der Waals surface area contributed by atoms with Crippen LogP contribution in [0.4, 0.5) is 0 Å². The number of amides is 2. The number of para-hydroxylation sites is 1. The normalized spacial score (nSPS) is 14.3. The van der Waals surface area contributed by atoms with E-state index in [0.717, 1.165) is 28.6 Å². The van der Waals surface area contributed by atoms with Crippen LogP contribution in [0.25, 0.3) is 16.5 Å². The smallest absolute Gasteiger partial charge is 0.273 e. The van der Waals surface area contributed by atoms with E-state index in [1.54, 1.807) is 24.3 Å². The fraction of sp³-hybridized carbons (Fsp3) is 0.217. The molecule has 0 saturated heterocycles. The monoisotopic (exact) mass is 408 g/mol. The molecule has 4 rings (SSSR count). The summed E-state index contributed by atoms with van der Waals surface area (Å²) in [6.45, 7) is 2.94. The molecule has 1 aliphatic heterocycles. The van der Waals surface area contributed by atoms with Crippen molar-refractivity contribution in [1.29, 1.82) is 0 Å². The molecule has 1 aliphatic rings. The van der Waals surface area contributed by atoms with E-state index >= 15 is 0 Å². The lowest BCUT2D eigenvalue weighted by Gasteiger charge is -2.14. The third-order valence-electron chi connectivity index (χ3n) is 5.01. The van der Waals surface area contributed by atoms with E-state index in [-0.39, 0.29) is 23.1 Å². The van der Waals surface area contributed by atoms with Crippen molar-refractivity contribution >= 4 is 39.9 Å². The molecule has 0 spiro atoms. The van der Waals surface area contributed by atoms with E-state index in [1.807, 2.05) is 37.4 Å². The maximum atomic E-state index is 12.9. The number of aromatic nitrogens is 1. The average Bonchev–Trinajstić information content (AvgIpc) is 3.24. The molecule has 0 fully saturated rings. The van der Waals surface area contributed by atoms with Crippen LogP contribution in [-0.4, -0.2) is 34.8 Å². The van der Waals surface area contributed by atoms with Crippen molar-refractivity contribution in [3.05, 3.63) is 70.9 Å². The number of rotatable bonds is 7. The van der Waals surface area contributed by atoms with Gasteiger partial charge in [0.05, 0.1) is 12.2 Å². The van der Waals surface area contributed by atoms with Gasteiger partial charge < -0.3 is 9.72 Å². The van der Waals surface area contributed by atoms with Crippen molar-refractivity contribution in [2.75, 3.05) is 13.2 Å². The predicted molar refractivity (Wildman–Crippen MR) is 114 cm³/mol. The molecule has 2 heterocycles. The third-order valence-corrected chi connectivity index (χ3v) is 5.36. The second-order valence-corrected chi connectivity index (χ2v) is 7.31. The Hall–Kier alpha value is -3.05. The molecule has 3 aromatic rings. The van der Waals surface area contributed by atoms with Crippen molar-refractivity contribution in [3.8, 4) is 5.75 Å². The maximum absolute atomic E-state index is 12.9. The van der Waals surface area contributed by atoms with Crippen LogP contribution in [0.1, 0.15) is 24.5 Å². The SMILES string of the molecule is CCCOc1ccc(C2=C(Cl)C(=O)N(CCc3c[nH]c4ccccc34)C2=O)cc1. The highest BCUT2D eigenvalue weighted by Crippen LogP contribution is 2.33. The molecule has 5 nitrogen and oxygen atoms in total. The van der Waals surface area contributed by atoms with Gasteiger partial charge in [-0.1, -0.05) is 48.9 Å². The molecule has 0 atom stereocenters. The number of carbonyl (C=O) groups is 2. The number of imide groups is 1. The molecule has 0 radical (unpaired) electrons. The number of halogens is 1. The van der Waals surface area contributed by atoms with Gasteiger partial charge in [0.1, 0.15) is 10.8 Å². The topological polar surface area (TPSA) is 62.4 Å². The number of fused-ring (bicyclic) bond motifs is 1. The van der Waals surface area contributed by atoms with Crippen LogP contribution < -0.4 is 4.74 Å². The Kier molecular flexibility index (Phi) is 5.41. The predicted octanol–water partition coefficient (Wildman–Crippen LogP) is 4.52. The summed E-state index contributed by atoms with van der Waals surface area (Å²) in [5.41, 5.74) is 2.96. The summed E-state index contributed by atoms with van der Waals surface area (Å²) >= 11 is 6.26. The van der Waals surface area contributed by atoms with Gasteiger partial charge in [0.15, 0.2) is 0 Å². The molecule has 1 N–H and O–H groups in total. The standard InChI is InChI=1S/C23H21ClN2O3/c1-2-13-29-17-9-7-15(8-10-17)20-21(24)23(28)26(22(20)27)12-11-16-14-25-19-6-4-3-5-18(16)19/h3-10,14,25H,2,11-13H2,1H3. The first kappa shape index (κ1) is 19.3. The Balaban J connectivity index is 1.50. The molecular weight excluding hydrogens is 388 g/mol. The van der Waals surface area contributed by atoms with Gasteiger partial charge in [0.2, 0.25) is 0 Å². The summed E-state index contributed by atoms with van der Waals surface area (Å²) in [4.78, 5) is 30.0. The Labute approximate surface area is 173 Å². The summed E-state index contributed by atoms with van der Waals surface area (Å²) in [7, 11) is 0. The second-order valence-electron chi connectivity index (χ2n) is 6.93. The number of aromatic amines is 1. The molecule has 2 aromatic carbocycles. The molecular formula is C23H21ClN2O3. The fourth-order valence-electron chi connectivity index (χ4n) is 3.51. The van der Waals surface area contributed by atoms with Crippen molar-refractivity contribution in [2.24, 2.45) is 0 Å². The highest BCUT2D eigenvalue weighted by Gasteiger charge is 2.37. The van der Waals surface area contributed by atoms with E-state index in [4.69, 9.17) is 16.3 Å². The van der Waals surface area contributed by atoms with Crippen molar-refractivity contribution < 1.29 is 14.3 Å². The third kappa shape index (κ3) is 3.66. The van der Waals surface area contributed by atoms with Crippen LogP contribution in [0, 0.1) is 0 Å². The Morgan fingerprint density at radius 1 is 1.03 bits per heavy atom. The lowest BCUT2D eigenvalue weighted by molar-refractivity contribution is -0.136. The Morgan fingerprint density at radius 2 is 1.79 bits per heavy atom. The minimum absolute atomic E-state index is 0.0313. The van der Waals surface area contributed by atoms with Gasteiger partial charge in [-0.15, -0.1) is 0 Å². The van der Waals surface area contributed by atoms with Crippen molar-refractivity contribution in [3.63, 3.8) is 0 Å². The first-order valence-electron chi connectivity index (χ1n) is 9.64. The number of hydrogen-bond donors (Lipinski definition) is 1. The lowest BCUT2D eigenvalue weighted by Crippen LogP contribution is -2.33. The minimum atomic E-state index is -0.446. The number of nitrogens with zero attached hydrogens (tertiary/aromatic N) is 1. The molecule has 148 valence electrons. The van der Waals surface area contributed by atoms with Crippen LogP contribution in [0.5, 0.6) is 5.75 Å². The van der Waals surface area contributed by atoms with E-state index < -0.39 is 5.91 Å². The highest BCUT2D eigenvalue weighted by molar-refractivity contribution is 6.55. The van der Waals surface area contributed by atoms with Gasteiger partial charge in [-0.05, 0) is 42.2 Å². The van der Waals surface area contributed by atoms with Gasteiger partial charge in [-0.2, -0.15) is 0 Å². The van der Waals surface area contributed by atoms with Gasteiger partial charge in [0.25, 0.3) is 11.8 Å². The van der Waals surface area contributed by atoms with Crippen molar-refractivity contribution in [1.82, 2.24) is 9.88 Å². The van der Waals surface area contributed by atoms with Crippen molar-refractivity contribution in [2.45, 2.75) is 19.8 Å². The summed E-state index contributed by atoms with van der Waals surface area (Å²) in [6.07, 6.45) is 3.39. The molecule has 0 bridgehead atoms. The van der Waals surface area contributed by atoms with E-state index in [0.29, 0.717) is 18.6 Å². The Bertz CT molecular complexity index is 1100. The fourth-order valence-corrected chi connectivity index (χ4v) is 3.80. The molecule has 0 saturated carbocycles. The van der Waals surface area contributed by atoms with Gasteiger partial charge in [0, 0.05) is 23.6 Å². The van der Waals surface area contributed by atoms with Crippen LogP contribution in [0.2, 0.25) is 0 Å². The largest absolute Gasteiger partial charge is 0.494 e. The quantitative estimate of drug-likeness (QED) is 0.585. The highest BCUT2D eigenvalue weighted by atomic mass is 35.5. The molecule has 0 unspecified atom stereocenters. The van der Waals surface area contributed by atoms with E-state index in [1.165, 1.54) is 4.90 Å². The zero-order valence-electron chi connectivity index (χ0n) is 16.1. The second kappa shape index (κ2) is 8.13. The van der Waals surface area contributed by atoms with Gasteiger partial charge in [-0.25, -0.2) is 0 Å². The number of benzene rings is 2. The van der Waals surface area contributed by atoms with E-state index in [9.17, 15) is 9.59 Å². The summed E-state index contributed by atoms with van der Waals surface area (Å²) in [5.74, 6) is -0.0832. The molecule has 1 aromatic heterocycles. The zero-order valence-corrected chi connectivity index (χ0v) is 16.8. The lowest BCUT2D eigenvalue weighted by atomic mass is 10.1. The molecule has 6 heteroatoms. The molecule has 2 amide bonds. The maximum Gasteiger partial charge on any atom is 0.273 e. The van der Waals surface area contributed by atoms with Crippen LogP contribution in [0.15, 0.2) is 59.8 Å². The average molecular weight is 409 g/mol. The van der Waals surface area contributed by atoms with Gasteiger partial charge >= 0.3 is 0 Å². The zero-order chi connectivity index (χ0) is 20.4. The number of hydrogen-bond acceptors (Lipinski definition) is 3. The first-order valence-corrected chi connectivity index (χ1v) is 10.0. The molecule has 0 aliphatic carbocycles. The summed E-state index contributed by atoms with van der Waals surface area (Å²) < 4.78 is 5.57. The summed E-state index contributed by atoms with van der Waals surface area (Å²) in [6, 6.07) is 15.0. The molecule has 29 heavy (non-hydrogen) atoms. The summed E-state index contributed by atoms with van der Waals surface area (Å²) in [5, 5.41) is 1.06. The van der Waals surface area contributed by atoms with Crippen LogP contribution in [0.3, 0.4) is 0 Å². The van der Waals surface area contributed by atoms with Crippen LogP contribution in [-0.2, 0) is 16.0 Å². The first-order chi connectivity index (χ1) is 14.1. The number of H-pyrrole nitrogens is 1. The number of ether oxygens (including phenoxy) is 1. The van der Waals surface area contributed by atoms with Crippen LogP contribution >= 0.6 is 11.6 Å². The Morgan fingerprint density at radius 3 is 2.55 bits per heavy atom. The number of nitrogens with one attached hydrogen (secondary N) is 1. The minimum Gasteiger partial charge on any atom is -0.494 e.